The molecule has 0 aromatic carbocycles. The van der Waals surface area contributed by atoms with Gasteiger partial charge in [0.1, 0.15) is 0 Å². The van der Waals surface area contributed by atoms with E-state index in [0.29, 0.717) is 5.13 Å². The second kappa shape index (κ2) is 7.77. The lowest BCUT2D eigenvalue weighted by Gasteiger charge is -2.25. The van der Waals surface area contributed by atoms with Gasteiger partial charge in [0.05, 0.1) is 5.41 Å². The van der Waals surface area contributed by atoms with Gasteiger partial charge in [0, 0.05) is 10.6 Å². The lowest BCUT2D eigenvalue weighted by atomic mass is 9.83. The first-order chi connectivity index (χ1) is 11.2. The Labute approximate surface area is 149 Å². The number of thiophene rings is 1. The average Bonchev–Trinajstić information content (AvgIpc) is 3.29. The minimum Gasteiger partial charge on any atom is -0.300 e. The summed E-state index contributed by atoms with van der Waals surface area (Å²) in [4.78, 5) is 14.1. The highest BCUT2D eigenvalue weighted by molar-refractivity contribution is 8.01. The molecule has 1 amide bonds. The van der Waals surface area contributed by atoms with Crippen molar-refractivity contribution in [1.82, 2.24) is 10.2 Å². The molecule has 3 rings (SSSR count). The van der Waals surface area contributed by atoms with E-state index in [4.69, 9.17) is 0 Å². The molecule has 124 valence electrons. The van der Waals surface area contributed by atoms with Crippen molar-refractivity contribution in [2.75, 3.05) is 11.1 Å². The van der Waals surface area contributed by atoms with E-state index in [9.17, 15) is 4.79 Å². The van der Waals surface area contributed by atoms with E-state index < -0.39 is 0 Å². The Hall–Kier alpha value is -0.920. The van der Waals surface area contributed by atoms with Gasteiger partial charge in [-0.2, -0.15) is 0 Å². The summed E-state index contributed by atoms with van der Waals surface area (Å²) in [7, 11) is 0. The highest BCUT2D eigenvalue weighted by atomic mass is 32.2. The summed E-state index contributed by atoms with van der Waals surface area (Å²) in [5.41, 5.74) is -0.366. The summed E-state index contributed by atoms with van der Waals surface area (Å²) in [6.45, 7) is 2.18. The van der Waals surface area contributed by atoms with E-state index in [-0.39, 0.29) is 11.3 Å². The third kappa shape index (κ3) is 3.78. The van der Waals surface area contributed by atoms with Crippen molar-refractivity contribution < 1.29 is 4.79 Å². The first-order valence-corrected chi connectivity index (χ1v) is 10.7. The van der Waals surface area contributed by atoms with E-state index in [1.165, 1.54) is 29.1 Å². The van der Waals surface area contributed by atoms with Crippen LogP contribution in [0.3, 0.4) is 0 Å². The first-order valence-electron chi connectivity index (χ1n) is 8.06. The molecule has 2 heterocycles. The zero-order valence-corrected chi connectivity index (χ0v) is 15.7. The number of hydrogen-bond acceptors (Lipinski definition) is 6. The lowest BCUT2D eigenvalue weighted by Crippen LogP contribution is -2.37. The molecular weight excluding hydrogens is 346 g/mol. The zero-order valence-electron chi connectivity index (χ0n) is 13.2. The van der Waals surface area contributed by atoms with Gasteiger partial charge in [-0.1, -0.05) is 55.4 Å². The Morgan fingerprint density at radius 2 is 2.22 bits per heavy atom. The maximum absolute atomic E-state index is 12.9. The Morgan fingerprint density at radius 3 is 2.91 bits per heavy atom. The van der Waals surface area contributed by atoms with Gasteiger partial charge in [0.2, 0.25) is 11.0 Å². The lowest BCUT2D eigenvalue weighted by molar-refractivity contribution is -0.121. The number of nitrogens with zero attached hydrogens (tertiary/aromatic N) is 2. The number of amides is 1. The van der Waals surface area contributed by atoms with Crippen LogP contribution >= 0.6 is 34.4 Å². The monoisotopic (exact) mass is 367 g/mol. The molecule has 0 bridgehead atoms. The maximum atomic E-state index is 12.9. The van der Waals surface area contributed by atoms with Crippen LogP contribution in [0.15, 0.2) is 21.9 Å². The van der Waals surface area contributed by atoms with E-state index >= 15 is 0 Å². The molecule has 4 nitrogen and oxygen atoms in total. The van der Waals surface area contributed by atoms with Gasteiger partial charge in [-0.3, -0.25) is 10.1 Å². The smallest absolute Gasteiger partial charge is 0.237 e. The predicted molar refractivity (Wildman–Crippen MR) is 98.6 cm³/mol. The van der Waals surface area contributed by atoms with Crippen molar-refractivity contribution in [1.29, 1.82) is 0 Å². The van der Waals surface area contributed by atoms with Crippen LogP contribution in [0, 0.1) is 0 Å². The Bertz CT molecular complexity index is 633. The van der Waals surface area contributed by atoms with Crippen molar-refractivity contribution in [3.63, 3.8) is 0 Å². The second-order valence-corrected chi connectivity index (χ2v) is 9.06. The number of rotatable bonds is 7. The Kier molecular flexibility index (Phi) is 5.71. The number of carbonyl (C=O) groups is 1. The van der Waals surface area contributed by atoms with Crippen molar-refractivity contribution in [2.24, 2.45) is 0 Å². The highest BCUT2D eigenvalue weighted by Crippen LogP contribution is 2.44. The van der Waals surface area contributed by atoms with Crippen LogP contribution in [0.1, 0.15) is 50.3 Å². The first kappa shape index (κ1) is 16.9. The topological polar surface area (TPSA) is 54.9 Å². The molecule has 23 heavy (non-hydrogen) atoms. The molecule has 0 spiro atoms. The minimum absolute atomic E-state index is 0.0821. The van der Waals surface area contributed by atoms with Crippen LogP contribution in [0.5, 0.6) is 0 Å². The number of hydrogen-bond donors (Lipinski definition) is 1. The molecule has 7 heteroatoms. The summed E-state index contributed by atoms with van der Waals surface area (Å²) in [5, 5.41) is 14.0. The molecule has 0 unspecified atom stereocenters. The number of carbonyl (C=O) groups excluding carboxylic acids is 1. The van der Waals surface area contributed by atoms with Crippen LogP contribution in [0.25, 0.3) is 0 Å². The van der Waals surface area contributed by atoms with Crippen LogP contribution in [0.4, 0.5) is 5.13 Å². The van der Waals surface area contributed by atoms with E-state index in [2.05, 4.69) is 33.9 Å². The van der Waals surface area contributed by atoms with E-state index in [0.717, 1.165) is 35.8 Å². The predicted octanol–water partition coefficient (Wildman–Crippen LogP) is 4.94. The van der Waals surface area contributed by atoms with E-state index in [1.54, 1.807) is 23.1 Å². The Balaban J connectivity index is 1.68. The quantitative estimate of drug-likeness (QED) is 0.428. The molecule has 1 aliphatic carbocycles. The molecular formula is C16H21N3OS3. The third-order valence-corrected chi connectivity index (χ3v) is 7.37. The van der Waals surface area contributed by atoms with Crippen molar-refractivity contribution in [3.05, 3.63) is 22.4 Å². The van der Waals surface area contributed by atoms with Gasteiger partial charge in [-0.25, -0.2) is 0 Å². The molecule has 1 N–H and O–H groups in total. The van der Waals surface area contributed by atoms with Gasteiger partial charge in [-0.15, -0.1) is 21.5 Å². The summed E-state index contributed by atoms with van der Waals surface area (Å²) in [6, 6.07) is 4.11. The van der Waals surface area contributed by atoms with E-state index in [1.807, 2.05) is 6.07 Å². The Morgan fingerprint density at radius 1 is 1.39 bits per heavy atom. The molecule has 1 saturated carbocycles. The van der Waals surface area contributed by atoms with Crippen LogP contribution in [-0.2, 0) is 10.2 Å². The van der Waals surface area contributed by atoms with Crippen molar-refractivity contribution in [2.45, 2.75) is 55.2 Å². The third-order valence-electron chi connectivity index (χ3n) is 4.23. The number of thioether (sulfide) groups is 1. The molecule has 1 fully saturated rings. The molecule has 0 saturated heterocycles. The number of aromatic nitrogens is 2. The SMILES string of the molecule is CCCCSc1nnc(NC(=O)C2(c3cccs3)CCCC2)s1. The fourth-order valence-corrected chi connectivity index (χ4v) is 5.84. The second-order valence-electron chi connectivity index (χ2n) is 5.80. The van der Waals surface area contributed by atoms with Crippen LogP contribution in [-0.4, -0.2) is 21.9 Å². The van der Waals surface area contributed by atoms with Crippen molar-refractivity contribution >= 4 is 45.5 Å². The summed E-state index contributed by atoms with van der Waals surface area (Å²) in [6.07, 6.45) is 6.43. The van der Waals surface area contributed by atoms with Gasteiger partial charge < -0.3 is 0 Å². The fraction of sp³-hybridized carbons (Fsp3) is 0.562. The summed E-state index contributed by atoms with van der Waals surface area (Å²) in [5.74, 6) is 1.14. The maximum Gasteiger partial charge on any atom is 0.237 e. The summed E-state index contributed by atoms with van der Waals surface area (Å²) >= 11 is 4.88. The molecule has 0 aliphatic heterocycles. The minimum atomic E-state index is -0.366. The van der Waals surface area contributed by atoms with Crippen LogP contribution in [0.2, 0.25) is 0 Å². The molecule has 0 atom stereocenters. The zero-order chi connectivity index (χ0) is 16.1. The van der Waals surface area contributed by atoms with Gasteiger partial charge in [0.15, 0.2) is 4.34 Å². The highest BCUT2D eigenvalue weighted by Gasteiger charge is 2.43. The van der Waals surface area contributed by atoms with Gasteiger partial charge >= 0.3 is 0 Å². The fourth-order valence-electron chi connectivity index (χ4n) is 2.95. The number of unbranched alkanes of at least 4 members (excludes halogenated alkanes) is 1. The molecule has 2 aromatic rings. The molecule has 0 radical (unpaired) electrons. The average molecular weight is 368 g/mol. The number of nitrogens with one attached hydrogen (secondary N) is 1. The standard InChI is InChI=1S/C16H21N3OS3/c1-2-3-10-22-15-19-18-14(23-15)17-13(20)16(8-4-5-9-16)12-7-6-11-21-12/h6-7,11H,2-5,8-10H2,1H3,(H,17,18,20). The van der Waals surface area contributed by atoms with Gasteiger partial charge in [0.25, 0.3) is 0 Å². The van der Waals surface area contributed by atoms with Crippen LogP contribution < -0.4 is 5.32 Å². The summed E-state index contributed by atoms with van der Waals surface area (Å²) < 4.78 is 0.936. The van der Waals surface area contributed by atoms with Gasteiger partial charge in [-0.05, 0) is 30.7 Å². The normalized spacial score (nSPS) is 16.6. The molecule has 2 aromatic heterocycles. The van der Waals surface area contributed by atoms with Crippen molar-refractivity contribution in [3.8, 4) is 0 Å². The molecule has 1 aliphatic rings. The largest absolute Gasteiger partial charge is 0.300 e. The number of anilines is 1.